The Morgan fingerprint density at radius 2 is 2.00 bits per heavy atom. The summed E-state index contributed by atoms with van der Waals surface area (Å²) in [4.78, 5) is 12.5. The fourth-order valence-corrected chi connectivity index (χ4v) is 3.38. The van der Waals surface area contributed by atoms with Crippen LogP contribution in [0.15, 0.2) is 18.2 Å². The maximum atomic E-state index is 12.5. The minimum absolute atomic E-state index is 0.0291. The fourth-order valence-electron chi connectivity index (χ4n) is 3.15. The molecule has 1 saturated heterocycles. The van der Waals surface area contributed by atoms with Crippen LogP contribution in [0.4, 0.5) is 0 Å². The molecule has 7 heteroatoms. The Balaban J connectivity index is 1.96. The third-order valence-electron chi connectivity index (χ3n) is 4.47. The summed E-state index contributed by atoms with van der Waals surface area (Å²) in [6, 6.07) is 0.998. The molecule has 2 aliphatic heterocycles. The molecule has 4 atom stereocenters. The fraction of sp³-hybridized carbons (Fsp3) is 0.500. The number of halogens is 1. The van der Waals surface area contributed by atoms with Crippen LogP contribution in [0.25, 0.3) is 0 Å². The number of allylic oxidation sites excluding steroid dienone is 1. The van der Waals surface area contributed by atoms with Crippen LogP contribution >= 0.6 is 11.6 Å². The Morgan fingerprint density at radius 1 is 1.24 bits per heavy atom. The van der Waals surface area contributed by atoms with Crippen LogP contribution in [0, 0.1) is 0 Å². The third-order valence-corrected chi connectivity index (χ3v) is 4.90. The number of aromatic hydroxyl groups is 2. The number of carbonyl (C=O) groups is 1. The quantitative estimate of drug-likeness (QED) is 0.370. The van der Waals surface area contributed by atoms with Gasteiger partial charge < -0.3 is 24.8 Å². The average Bonchev–Trinajstić information content (AvgIpc) is 3.25. The largest absolute Gasteiger partial charge is 0.507 e. The lowest BCUT2D eigenvalue weighted by Crippen LogP contribution is -2.20. The molecule has 1 aromatic rings. The zero-order chi connectivity index (χ0) is 18.1. The highest BCUT2D eigenvalue weighted by atomic mass is 35.5. The second-order valence-corrected chi connectivity index (χ2v) is 6.90. The number of carbonyl (C=O) groups excluding carboxylic acids is 1. The molecule has 25 heavy (non-hydrogen) atoms. The van der Waals surface area contributed by atoms with Crippen LogP contribution < -0.4 is 0 Å². The number of benzene rings is 1. The first kappa shape index (κ1) is 18.0. The number of hydrogen-bond donors (Lipinski definition) is 3. The summed E-state index contributed by atoms with van der Waals surface area (Å²) in [6.07, 6.45) is 4.51. The Hall–Kier alpha value is -1.76. The number of aliphatic hydroxyl groups excluding tert-OH is 1. The number of phenolic OH excluding ortho intramolecular Hbond substituents is 2. The number of phenols is 2. The van der Waals surface area contributed by atoms with Gasteiger partial charge in [0.1, 0.15) is 23.2 Å². The normalized spacial score (nSPS) is 30.0. The summed E-state index contributed by atoms with van der Waals surface area (Å²) in [5.74, 6) is -1.53. The lowest BCUT2D eigenvalue weighted by Gasteiger charge is -2.18. The van der Waals surface area contributed by atoms with E-state index in [4.69, 9.17) is 21.1 Å². The highest BCUT2D eigenvalue weighted by Crippen LogP contribution is 2.38. The van der Waals surface area contributed by atoms with Crippen molar-refractivity contribution < 1.29 is 29.6 Å². The Bertz CT molecular complexity index is 701. The summed E-state index contributed by atoms with van der Waals surface area (Å²) in [6.45, 7) is 1.76. The van der Waals surface area contributed by atoms with E-state index in [-0.39, 0.29) is 40.5 Å². The Morgan fingerprint density at radius 3 is 2.76 bits per heavy atom. The number of fused-ring (bicyclic) bond motifs is 2. The van der Waals surface area contributed by atoms with Gasteiger partial charge in [-0.05, 0) is 25.3 Å². The van der Waals surface area contributed by atoms with E-state index in [1.54, 1.807) is 13.0 Å². The number of ether oxygens (including phenoxy) is 2. The van der Waals surface area contributed by atoms with E-state index in [1.807, 2.05) is 6.08 Å². The molecule has 0 spiro atoms. The maximum Gasteiger partial charge on any atom is 0.342 e. The number of rotatable bonds is 0. The smallest absolute Gasteiger partial charge is 0.342 e. The van der Waals surface area contributed by atoms with Crippen LogP contribution in [0.1, 0.15) is 42.1 Å². The molecule has 0 unspecified atom stereocenters. The average molecular weight is 369 g/mol. The lowest BCUT2D eigenvalue weighted by atomic mass is 9.98. The summed E-state index contributed by atoms with van der Waals surface area (Å²) in [7, 11) is 0. The van der Waals surface area contributed by atoms with Gasteiger partial charge in [0.2, 0.25) is 0 Å². The van der Waals surface area contributed by atoms with Crippen LogP contribution in [0.2, 0.25) is 5.02 Å². The molecule has 0 aromatic heterocycles. The van der Waals surface area contributed by atoms with Crippen LogP contribution in [0.3, 0.4) is 0 Å². The van der Waals surface area contributed by atoms with Crippen molar-refractivity contribution in [2.45, 2.75) is 57.0 Å². The predicted molar refractivity (Wildman–Crippen MR) is 91.0 cm³/mol. The SMILES string of the molecule is C[C@@H]1C[C@@H]2O[C@H]2CCC=C[C@H](O)Cc2c(Cl)c(O)cc(O)c2C(=O)O1. The van der Waals surface area contributed by atoms with Crippen molar-refractivity contribution >= 4 is 17.6 Å². The first-order valence-corrected chi connectivity index (χ1v) is 8.69. The highest BCUT2D eigenvalue weighted by molar-refractivity contribution is 6.33. The van der Waals surface area contributed by atoms with Crippen LogP contribution in [-0.2, 0) is 15.9 Å². The molecular weight excluding hydrogens is 348 g/mol. The lowest BCUT2D eigenvalue weighted by molar-refractivity contribution is 0.0305. The predicted octanol–water partition coefficient (Wildman–Crippen LogP) is 2.71. The van der Waals surface area contributed by atoms with Gasteiger partial charge in [-0.2, -0.15) is 0 Å². The van der Waals surface area contributed by atoms with Gasteiger partial charge in [0.05, 0.1) is 23.3 Å². The summed E-state index contributed by atoms with van der Waals surface area (Å²) < 4.78 is 11.0. The minimum Gasteiger partial charge on any atom is -0.507 e. The van der Waals surface area contributed by atoms with Crippen LogP contribution in [-0.4, -0.2) is 45.7 Å². The van der Waals surface area contributed by atoms with Crippen molar-refractivity contribution in [3.05, 3.63) is 34.4 Å². The van der Waals surface area contributed by atoms with Gasteiger partial charge in [0.25, 0.3) is 0 Å². The van der Waals surface area contributed by atoms with E-state index >= 15 is 0 Å². The topological polar surface area (TPSA) is 99.5 Å². The number of hydrogen-bond acceptors (Lipinski definition) is 6. The third kappa shape index (κ3) is 4.08. The zero-order valence-electron chi connectivity index (χ0n) is 13.8. The monoisotopic (exact) mass is 368 g/mol. The Kier molecular flexibility index (Phi) is 5.22. The first-order valence-electron chi connectivity index (χ1n) is 8.31. The summed E-state index contributed by atoms with van der Waals surface area (Å²) in [5.41, 5.74) is 0.0264. The molecule has 1 aromatic carbocycles. The number of epoxide rings is 1. The van der Waals surface area contributed by atoms with E-state index in [1.165, 1.54) is 0 Å². The highest BCUT2D eigenvalue weighted by Gasteiger charge is 2.39. The van der Waals surface area contributed by atoms with Gasteiger partial charge in [-0.15, -0.1) is 0 Å². The molecular formula is C18H21ClO6. The van der Waals surface area contributed by atoms with E-state index in [9.17, 15) is 20.1 Å². The van der Waals surface area contributed by atoms with Crippen LogP contribution in [0.5, 0.6) is 11.5 Å². The standard InChI is InChI=1S/C18H21ClO6/c1-9-6-15-14(25-15)5-3-2-4-10(20)7-11-16(18(23)24-9)12(21)8-13(22)17(11)19/h2,4,8-10,14-15,20-22H,3,5-7H2,1H3/t9-,10+,14+,15+/m1/s1. The zero-order valence-corrected chi connectivity index (χ0v) is 14.6. The van der Waals surface area contributed by atoms with Gasteiger partial charge in [0, 0.05) is 18.9 Å². The molecule has 136 valence electrons. The molecule has 1 fully saturated rings. The second-order valence-electron chi connectivity index (χ2n) is 6.52. The number of esters is 1. The minimum atomic E-state index is -0.915. The molecule has 0 bridgehead atoms. The molecule has 0 amide bonds. The molecule has 2 aliphatic rings. The Labute approximate surface area is 150 Å². The van der Waals surface area contributed by atoms with E-state index in [0.29, 0.717) is 6.42 Å². The van der Waals surface area contributed by atoms with Gasteiger partial charge in [0.15, 0.2) is 0 Å². The van der Waals surface area contributed by atoms with Crippen molar-refractivity contribution in [1.29, 1.82) is 0 Å². The first-order chi connectivity index (χ1) is 11.9. The summed E-state index contributed by atoms with van der Waals surface area (Å²) in [5, 5.41) is 30.1. The molecule has 0 aliphatic carbocycles. The molecule has 0 saturated carbocycles. The molecule has 2 heterocycles. The number of cyclic esters (lactones) is 1. The van der Waals surface area contributed by atoms with Crippen molar-refractivity contribution in [2.75, 3.05) is 0 Å². The number of aliphatic hydroxyl groups is 1. The second kappa shape index (κ2) is 7.23. The van der Waals surface area contributed by atoms with E-state index in [0.717, 1.165) is 18.9 Å². The van der Waals surface area contributed by atoms with Gasteiger partial charge in [-0.1, -0.05) is 23.8 Å². The summed E-state index contributed by atoms with van der Waals surface area (Å²) >= 11 is 6.11. The molecule has 3 rings (SSSR count). The van der Waals surface area contributed by atoms with Crippen molar-refractivity contribution in [3.8, 4) is 11.5 Å². The van der Waals surface area contributed by atoms with Crippen molar-refractivity contribution in [2.24, 2.45) is 0 Å². The maximum absolute atomic E-state index is 12.5. The van der Waals surface area contributed by atoms with E-state index < -0.39 is 23.9 Å². The molecule has 6 nitrogen and oxygen atoms in total. The van der Waals surface area contributed by atoms with Crippen molar-refractivity contribution in [3.63, 3.8) is 0 Å². The van der Waals surface area contributed by atoms with Gasteiger partial charge in [-0.3, -0.25) is 0 Å². The molecule has 3 N–H and O–H groups in total. The van der Waals surface area contributed by atoms with Crippen molar-refractivity contribution in [1.82, 2.24) is 0 Å². The molecule has 0 radical (unpaired) electrons. The van der Waals surface area contributed by atoms with E-state index in [2.05, 4.69) is 0 Å². The van der Waals surface area contributed by atoms with Gasteiger partial charge in [-0.25, -0.2) is 4.79 Å². The van der Waals surface area contributed by atoms with Gasteiger partial charge >= 0.3 is 5.97 Å².